The van der Waals surface area contributed by atoms with Crippen molar-refractivity contribution in [3.8, 4) is 5.75 Å². The third-order valence-electron chi connectivity index (χ3n) is 4.14. The van der Waals surface area contributed by atoms with E-state index in [4.69, 9.17) is 15.8 Å². The number of rotatable bonds is 9. The summed E-state index contributed by atoms with van der Waals surface area (Å²) in [4.78, 5) is 25.0. The molecule has 0 aliphatic rings. The maximum absolute atomic E-state index is 13.0. The molecule has 2 rings (SSSR count). The zero-order valence-corrected chi connectivity index (χ0v) is 18.4. The number of hydrogen-bond donors (Lipinski definition) is 0. The van der Waals surface area contributed by atoms with Crippen LogP contribution in [0.5, 0.6) is 5.75 Å². The maximum Gasteiger partial charge on any atom is 0.308 e. The van der Waals surface area contributed by atoms with E-state index in [-0.39, 0.29) is 46.1 Å². The fourth-order valence-corrected chi connectivity index (χ4v) is 3.48. The lowest BCUT2D eigenvalue weighted by Gasteiger charge is -2.25. The van der Waals surface area contributed by atoms with E-state index in [1.54, 1.807) is 17.0 Å². The highest BCUT2D eigenvalue weighted by Gasteiger charge is 2.22. The Morgan fingerprint density at radius 1 is 1.20 bits per heavy atom. The van der Waals surface area contributed by atoms with E-state index in [0.717, 1.165) is 11.6 Å². The molecule has 0 heterocycles. The second kappa shape index (κ2) is 9.90. The standard InChI is InChI=1S/C20H23ClN2O6S/c1-4-30(27,28)29-17-8-5-15(6-9-17)13-22(12-14(2)3)20(24)18-10-7-16(23(25)26)11-19(18)21/h5-11,14H,4,12-13H2,1-3H3. The van der Waals surface area contributed by atoms with Gasteiger partial charge in [-0.1, -0.05) is 37.6 Å². The monoisotopic (exact) mass is 454 g/mol. The number of halogens is 1. The first kappa shape index (κ1) is 23.6. The molecule has 0 unspecified atom stereocenters. The second-order valence-electron chi connectivity index (χ2n) is 7.07. The Kier molecular flexibility index (Phi) is 7.80. The Morgan fingerprint density at radius 3 is 2.33 bits per heavy atom. The van der Waals surface area contributed by atoms with Crippen molar-refractivity contribution in [3.63, 3.8) is 0 Å². The molecule has 0 bridgehead atoms. The van der Waals surface area contributed by atoms with Crippen molar-refractivity contribution in [1.82, 2.24) is 4.90 Å². The van der Waals surface area contributed by atoms with E-state index < -0.39 is 15.0 Å². The first-order valence-corrected chi connectivity index (χ1v) is 11.2. The van der Waals surface area contributed by atoms with E-state index >= 15 is 0 Å². The smallest absolute Gasteiger partial charge is 0.308 e. The van der Waals surface area contributed by atoms with E-state index in [9.17, 15) is 23.3 Å². The van der Waals surface area contributed by atoms with Crippen LogP contribution in [0.3, 0.4) is 0 Å². The van der Waals surface area contributed by atoms with Crippen molar-refractivity contribution in [1.29, 1.82) is 0 Å². The van der Waals surface area contributed by atoms with Gasteiger partial charge in [0.25, 0.3) is 11.6 Å². The molecule has 0 radical (unpaired) electrons. The van der Waals surface area contributed by atoms with Crippen LogP contribution < -0.4 is 4.18 Å². The molecular formula is C20H23ClN2O6S. The summed E-state index contributed by atoms with van der Waals surface area (Å²) in [5.74, 6) is -0.122. The fraction of sp³-hybridized carbons (Fsp3) is 0.350. The number of non-ortho nitro benzene ring substituents is 1. The first-order valence-electron chi connectivity index (χ1n) is 9.26. The average molecular weight is 455 g/mol. The molecule has 0 atom stereocenters. The van der Waals surface area contributed by atoms with Crippen LogP contribution >= 0.6 is 11.6 Å². The molecule has 0 aromatic heterocycles. The van der Waals surface area contributed by atoms with E-state index in [1.807, 2.05) is 13.8 Å². The molecule has 8 nitrogen and oxygen atoms in total. The molecule has 0 saturated carbocycles. The minimum atomic E-state index is -3.62. The van der Waals surface area contributed by atoms with Crippen molar-refractivity contribution >= 4 is 33.3 Å². The normalized spacial score (nSPS) is 11.4. The van der Waals surface area contributed by atoms with Crippen LogP contribution in [0.2, 0.25) is 5.02 Å². The molecule has 0 spiro atoms. The zero-order chi connectivity index (χ0) is 22.5. The molecule has 0 N–H and O–H groups in total. The summed E-state index contributed by atoms with van der Waals surface area (Å²) in [5.41, 5.74) is 0.754. The lowest BCUT2D eigenvalue weighted by atomic mass is 10.1. The summed E-state index contributed by atoms with van der Waals surface area (Å²) in [5, 5.41) is 10.9. The van der Waals surface area contributed by atoms with Crippen LogP contribution in [0, 0.1) is 16.0 Å². The lowest BCUT2D eigenvalue weighted by Crippen LogP contribution is -2.34. The molecule has 30 heavy (non-hydrogen) atoms. The number of nitro benzene ring substituents is 1. The van der Waals surface area contributed by atoms with Crippen LogP contribution in [0.15, 0.2) is 42.5 Å². The molecule has 0 fully saturated rings. The highest BCUT2D eigenvalue weighted by Crippen LogP contribution is 2.25. The molecule has 162 valence electrons. The summed E-state index contributed by atoms with van der Waals surface area (Å²) in [6.45, 7) is 6.11. The summed E-state index contributed by atoms with van der Waals surface area (Å²) < 4.78 is 28.1. The quantitative estimate of drug-likeness (QED) is 0.318. The van der Waals surface area contributed by atoms with E-state index in [1.165, 1.54) is 31.2 Å². The van der Waals surface area contributed by atoms with Gasteiger partial charge < -0.3 is 9.08 Å². The molecule has 0 saturated heterocycles. The Bertz CT molecular complexity index is 1020. The third-order valence-corrected chi connectivity index (χ3v) is 5.61. The van der Waals surface area contributed by atoms with Gasteiger partial charge in [-0.2, -0.15) is 8.42 Å². The van der Waals surface area contributed by atoms with Gasteiger partial charge in [-0.3, -0.25) is 14.9 Å². The predicted octanol–water partition coefficient (Wildman–Crippen LogP) is 4.28. The van der Waals surface area contributed by atoms with E-state index in [0.29, 0.717) is 6.54 Å². The van der Waals surface area contributed by atoms with Gasteiger partial charge in [0.15, 0.2) is 0 Å². The van der Waals surface area contributed by atoms with Crippen molar-refractivity contribution < 1.29 is 22.3 Å². The molecule has 10 heteroatoms. The Labute approximate surface area is 180 Å². The minimum Gasteiger partial charge on any atom is -0.382 e. The van der Waals surface area contributed by atoms with Crippen molar-refractivity contribution in [2.45, 2.75) is 27.3 Å². The molecule has 0 aliphatic heterocycles. The number of nitro groups is 1. The van der Waals surface area contributed by atoms with Gasteiger partial charge in [-0.15, -0.1) is 0 Å². The van der Waals surface area contributed by atoms with Gasteiger partial charge in [0, 0.05) is 25.2 Å². The first-order chi connectivity index (χ1) is 14.0. The maximum atomic E-state index is 13.0. The third kappa shape index (κ3) is 6.43. The SMILES string of the molecule is CCS(=O)(=O)Oc1ccc(CN(CC(C)C)C(=O)c2ccc([N+](=O)[O-])cc2Cl)cc1. The van der Waals surface area contributed by atoms with Crippen LogP contribution in [-0.2, 0) is 16.7 Å². The number of carbonyl (C=O) groups is 1. The van der Waals surface area contributed by atoms with E-state index in [2.05, 4.69) is 0 Å². The van der Waals surface area contributed by atoms with Crippen molar-refractivity contribution in [3.05, 3.63) is 68.7 Å². The molecule has 2 aromatic rings. The highest BCUT2D eigenvalue weighted by molar-refractivity contribution is 7.87. The lowest BCUT2D eigenvalue weighted by molar-refractivity contribution is -0.384. The molecule has 2 aromatic carbocycles. The minimum absolute atomic E-state index is 0.0106. The number of nitrogens with zero attached hydrogens (tertiary/aromatic N) is 2. The molecular weight excluding hydrogens is 432 g/mol. The van der Waals surface area contributed by atoms with Crippen LogP contribution in [0.4, 0.5) is 5.69 Å². The van der Waals surface area contributed by atoms with Crippen LogP contribution in [0.25, 0.3) is 0 Å². The summed E-state index contributed by atoms with van der Waals surface area (Å²) in [7, 11) is -3.62. The zero-order valence-electron chi connectivity index (χ0n) is 16.9. The average Bonchev–Trinajstić information content (AvgIpc) is 2.67. The Morgan fingerprint density at radius 2 is 1.83 bits per heavy atom. The van der Waals surface area contributed by atoms with Crippen molar-refractivity contribution in [2.24, 2.45) is 5.92 Å². The van der Waals surface area contributed by atoms with Gasteiger partial charge in [0.05, 0.1) is 21.3 Å². The fourth-order valence-electron chi connectivity index (χ4n) is 2.70. The summed E-state index contributed by atoms with van der Waals surface area (Å²) in [6.07, 6.45) is 0. The Hall–Kier alpha value is -2.65. The van der Waals surface area contributed by atoms with Crippen molar-refractivity contribution in [2.75, 3.05) is 12.3 Å². The molecule has 0 aliphatic carbocycles. The topological polar surface area (TPSA) is 107 Å². The number of benzene rings is 2. The number of carbonyl (C=O) groups excluding carboxylic acids is 1. The number of amides is 1. The predicted molar refractivity (Wildman–Crippen MR) is 114 cm³/mol. The van der Waals surface area contributed by atoms with Gasteiger partial charge in [0.2, 0.25) is 0 Å². The van der Waals surface area contributed by atoms with Crippen LogP contribution in [-0.4, -0.2) is 36.4 Å². The largest absolute Gasteiger partial charge is 0.382 e. The Balaban J connectivity index is 2.24. The van der Waals surface area contributed by atoms with Gasteiger partial charge in [0.1, 0.15) is 5.75 Å². The van der Waals surface area contributed by atoms with Gasteiger partial charge in [-0.25, -0.2) is 0 Å². The highest BCUT2D eigenvalue weighted by atomic mass is 35.5. The molecule has 1 amide bonds. The van der Waals surface area contributed by atoms with Gasteiger partial charge in [-0.05, 0) is 36.6 Å². The van der Waals surface area contributed by atoms with Gasteiger partial charge >= 0.3 is 10.1 Å². The summed E-state index contributed by atoms with van der Waals surface area (Å²) >= 11 is 6.12. The second-order valence-corrected chi connectivity index (χ2v) is 9.34. The summed E-state index contributed by atoms with van der Waals surface area (Å²) in [6, 6.07) is 10.2. The number of hydrogen-bond acceptors (Lipinski definition) is 6. The van der Waals surface area contributed by atoms with Crippen LogP contribution in [0.1, 0.15) is 36.7 Å².